The number of allylic oxidation sites excluding steroid dienone is 4. The Labute approximate surface area is 436 Å². The van der Waals surface area contributed by atoms with Crippen LogP contribution in [0.2, 0.25) is 0 Å². The summed E-state index contributed by atoms with van der Waals surface area (Å²) in [5.41, 5.74) is 0. The molecule has 0 bridgehead atoms. The van der Waals surface area contributed by atoms with E-state index in [0.29, 0.717) is 19.3 Å². The molecule has 0 aromatic heterocycles. The lowest BCUT2D eigenvalue weighted by atomic mass is 10.0. The van der Waals surface area contributed by atoms with Crippen molar-refractivity contribution in [3.8, 4) is 0 Å². The van der Waals surface area contributed by atoms with Gasteiger partial charge in [0, 0.05) is 19.3 Å². The van der Waals surface area contributed by atoms with Crippen molar-refractivity contribution in [2.24, 2.45) is 0 Å². The number of rotatable bonds is 58. The van der Waals surface area contributed by atoms with E-state index < -0.39 is 6.10 Å². The van der Waals surface area contributed by atoms with Crippen molar-refractivity contribution in [3.63, 3.8) is 0 Å². The molecule has 0 aliphatic carbocycles. The molecular weight excluding hydrogens is 865 g/mol. The van der Waals surface area contributed by atoms with E-state index in [1.165, 1.54) is 250 Å². The van der Waals surface area contributed by atoms with Crippen LogP contribution in [0.25, 0.3) is 0 Å². The van der Waals surface area contributed by atoms with Gasteiger partial charge in [-0.15, -0.1) is 0 Å². The molecule has 0 rings (SSSR count). The van der Waals surface area contributed by atoms with E-state index in [1.54, 1.807) is 0 Å². The van der Waals surface area contributed by atoms with E-state index in [0.717, 1.165) is 57.8 Å². The number of ether oxygens (including phenoxy) is 3. The second kappa shape index (κ2) is 59.5. The van der Waals surface area contributed by atoms with Crippen LogP contribution in [0.4, 0.5) is 0 Å². The average molecular weight is 986 g/mol. The van der Waals surface area contributed by atoms with Crippen molar-refractivity contribution in [1.29, 1.82) is 0 Å². The first kappa shape index (κ1) is 67.9. The molecule has 6 nitrogen and oxygen atoms in total. The lowest BCUT2D eigenvalue weighted by Gasteiger charge is -2.18. The summed E-state index contributed by atoms with van der Waals surface area (Å²) in [7, 11) is 0. The molecule has 1 unspecified atom stereocenters. The Morgan fingerprint density at radius 1 is 0.271 bits per heavy atom. The van der Waals surface area contributed by atoms with E-state index in [1.807, 2.05) is 0 Å². The zero-order valence-corrected chi connectivity index (χ0v) is 47.3. The normalized spacial score (nSPS) is 12.1. The van der Waals surface area contributed by atoms with Gasteiger partial charge in [0.05, 0.1) is 0 Å². The second-order valence-electron chi connectivity index (χ2n) is 21.3. The fourth-order valence-corrected chi connectivity index (χ4v) is 9.44. The SMILES string of the molecule is CCCCCC/C=C\CCCCCCCCCC(=O)OCC(COC(=O)CCCCCCCCC/C=C\CCCCCCCCCC)OC(=O)CCCCCCCCCCCCCCCCCCCC. The summed E-state index contributed by atoms with van der Waals surface area (Å²) < 4.78 is 16.9. The molecule has 0 spiro atoms. The van der Waals surface area contributed by atoms with Gasteiger partial charge >= 0.3 is 17.9 Å². The van der Waals surface area contributed by atoms with E-state index >= 15 is 0 Å². The van der Waals surface area contributed by atoms with Crippen LogP contribution < -0.4 is 0 Å². The number of hydrogen-bond donors (Lipinski definition) is 0. The van der Waals surface area contributed by atoms with Crippen molar-refractivity contribution in [3.05, 3.63) is 24.3 Å². The van der Waals surface area contributed by atoms with Gasteiger partial charge in [0.2, 0.25) is 0 Å². The quantitative estimate of drug-likeness (QED) is 0.0261. The molecule has 70 heavy (non-hydrogen) atoms. The van der Waals surface area contributed by atoms with Crippen molar-refractivity contribution in [2.75, 3.05) is 13.2 Å². The van der Waals surface area contributed by atoms with Crippen molar-refractivity contribution in [1.82, 2.24) is 0 Å². The molecule has 0 saturated carbocycles. The van der Waals surface area contributed by atoms with Crippen molar-refractivity contribution < 1.29 is 28.6 Å². The molecule has 412 valence electrons. The van der Waals surface area contributed by atoms with E-state index in [2.05, 4.69) is 45.1 Å². The maximum atomic E-state index is 12.9. The number of carbonyl (C=O) groups excluding carboxylic acids is 3. The summed E-state index contributed by atoms with van der Waals surface area (Å²) in [5, 5.41) is 0. The zero-order chi connectivity index (χ0) is 50.7. The highest BCUT2D eigenvalue weighted by Gasteiger charge is 2.19. The number of carbonyl (C=O) groups is 3. The Kier molecular flexibility index (Phi) is 57.7. The summed E-state index contributed by atoms with van der Waals surface area (Å²) in [6.07, 6.45) is 70.3. The van der Waals surface area contributed by atoms with E-state index in [-0.39, 0.29) is 31.1 Å². The van der Waals surface area contributed by atoms with Crippen LogP contribution in [0.15, 0.2) is 24.3 Å². The fraction of sp³-hybridized carbons (Fsp3) is 0.891. The van der Waals surface area contributed by atoms with E-state index in [4.69, 9.17) is 14.2 Å². The molecule has 0 radical (unpaired) electrons. The molecule has 6 heteroatoms. The first-order valence-corrected chi connectivity index (χ1v) is 31.3. The van der Waals surface area contributed by atoms with Crippen LogP contribution in [-0.2, 0) is 28.6 Å². The third-order valence-corrected chi connectivity index (χ3v) is 14.2. The Hall–Kier alpha value is -2.11. The van der Waals surface area contributed by atoms with Crippen LogP contribution in [0.5, 0.6) is 0 Å². The lowest BCUT2D eigenvalue weighted by molar-refractivity contribution is -0.167. The first-order valence-electron chi connectivity index (χ1n) is 31.3. The summed E-state index contributed by atoms with van der Waals surface area (Å²) >= 11 is 0. The first-order chi connectivity index (χ1) is 34.5. The fourth-order valence-electron chi connectivity index (χ4n) is 9.44. The molecule has 0 aliphatic rings. The molecule has 0 aromatic carbocycles. The molecule has 0 heterocycles. The average Bonchev–Trinajstić information content (AvgIpc) is 3.36. The lowest BCUT2D eigenvalue weighted by Crippen LogP contribution is -2.30. The summed E-state index contributed by atoms with van der Waals surface area (Å²) in [4.78, 5) is 38.3. The van der Waals surface area contributed by atoms with Gasteiger partial charge in [0.1, 0.15) is 13.2 Å². The van der Waals surface area contributed by atoms with Gasteiger partial charge in [0.15, 0.2) is 6.10 Å². The molecule has 1 atom stereocenters. The van der Waals surface area contributed by atoms with Gasteiger partial charge in [-0.1, -0.05) is 283 Å². The van der Waals surface area contributed by atoms with Crippen molar-refractivity contribution in [2.45, 2.75) is 354 Å². The summed E-state index contributed by atoms with van der Waals surface area (Å²) in [5.74, 6) is -0.853. The highest BCUT2D eigenvalue weighted by Crippen LogP contribution is 2.17. The van der Waals surface area contributed by atoms with Crippen LogP contribution >= 0.6 is 0 Å². The van der Waals surface area contributed by atoms with Gasteiger partial charge in [0.25, 0.3) is 0 Å². The van der Waals surface area contributed by atoms with Crippen LogP contribution in [0.1, 0.15) is 348 Å². The van der Waals surface area contributed by atoms with E-state index in [9.17, 15) is 14.4 Å². The Bertz CT molecular complexity index is 1130. The minimum absolute atomic E-state index is 0.0701. The Morgan fingerprint density at radius 3 is 0.729 bits per heavy atom. The summed E-state index contributed by atoms with van der Waals surface area (Å²) in [6.45, 7) is 6.68. The summed E-state index contributed by atoms with van der Waals surface area (Å²) in [6, 6.07) is 0. The molecule has 0 aliphatic heterocycles. The topological polar surface area (TPSA) is 78.9 Å². The predicted octanol–water partition coefficient (Wildman–Crippen LogP) is 21.1. The molecule has 0 amide bonds. The number of hydrogen-bond acceptors (Lipinski definition) is 6. The monoisotopic (exact) mass is 985 g/mol. The second-order valence-corrected chi connectivity index (χ2v) is 21.3. The molecule has 0 fully saturated rings. The van der Waals surface area contributed by atoms with Gasteiger partial charge in [-0.05, 0) is 70.6 Å². The number of esters is 3. The third kappa shape index (κ3) is 56.8. The Morgan fingerprint density at radius 2 is 0.471 bits per heavy atom. The van der Waals surface area contributed by atoms with Gasteiger partial charge in [-0.25, -0.2) is 0 Å². The zero-order valence-electron chi connectivity index (χ0n) is 47.3. The maximum absolute atomic E-state index is 12.9. The van der Waals surface area contributed by atoms with Gasteiger partial charge in [-0.2, -0.15) is 0 Å². The highest BCUT2D eigenvalue weighted by atomic mass is 16.6. The van der Waals surface area contributed by atoms with Crippen LogP contribution in [0.3, 0.4) is 0 Å². The largest absolute Gasteiger partial charge is 0.462 e. The van der Waals surface area contributed by atoms with Crippen LogP contribution in [0, 0.1) is 0 Å². The molecule has 0 saturated heterocycles. The minimum atomic E-state index is -0.771. The number of unbranched alkanes of at least 4 members (excludes halogenated alkanes) is 43. The minimum Gasteiger partial charge on any atom is -0.462 e. The molecule has 0 N–H and O–H groups in total. The van der Waals surface area contributed by atoms with Crippen LogP contribution in [-0.4, -0.2) is 37.2 Å². The van der Waals surface area contributed by atoms with Crippen molar-refractivity contribution >= 4 is 17.9 Å². The van der Waals surface area contributed by atoms with Gasteiger partial charge in [-0.3, -0.25) is 14.4 Å². The highest BCUT2D eigenvalue weighted by molar-refractivity contribution is 5.71. The molecule has 0 aromatic rings. The third-order valence-electron chi connectivity index (χ3n) is 14.2. The smallest absolute Gasteiger partial charge is 0.306 e. The Balaban J connectivity index is 4.32. The molecular formula is C64H120O6. The predicted molar refractivity (Wildman–Crippen MR) is 303 cm³/mol. The maximum Gasteiger partial charge on any atom is 0.306 e. The van der Waals surface area contributed by atoms with Gasteiger partial charge < -0.3 is 14.2 Å². The standard InChI is InChI=1S/C64H120O6/c1-4-7-10-13-16-19-22-25-28-30-32-34-36-39-42-45-48-51-54-57-63(66)69-60-61(59-68-62(65)56-53-50-47-44-41-38-35-27-24-21-18-15-12-9-6-3)70-64(67)58-55-52-49-46-43-40-37-33-31-29-26-23-20-17-14-11-8-5-2/h21,24,30,32,61H,4-20,22-23,25-29,31,33-60H2,1-3H3/b24-21-,32-30-.